The van der Waals surface area contributed by atoms with Crippen LogP contribution in [-0.4, -0.2) is 16.1 Å². The Labute approximate surface area is 194 Å². The maximum absolute atomic E-state index is 10.8. The Hall–Kier alpha value is -2.79. The van der Waals surface area contributed by atoms with Gasteiger partial charge in [-0.25, -0.2) is 4.79 Å². The van der Waals surface area contributed by atoms with E-state index < -0.39 is 5.97 Å². The Morgan fingerprint density at radius 2 is 1.84 bits per heavy atom. The molecule has 0 saturated heterocycles. The normalized spacial score (nSPS) is 12.5. The number of carboxylic acids is 1. The molecule has 0 aliphatic heterocycles. The quantitative estimate of drug-likeness (QED) is 0.282. The number of hydrogen-bond donors (Lipinski definition) is 2. The summed E-state index contributed by atoms with van der Waals surface area (Å²) in [6, 6.07) is 20.0. The highest BCUT2D eigenvalue weighted by atomic mass is 35.5. The van der Waals surface area contributed by atoms with Crippen molar-refractivity contribution in [3.05, 3.63) is 97.8 Å². The summed E-state index contributed by atoms with van der Waals surface area (Å²) >= 11 is 14.2. The molecule has 4 aromatic rings. The van der Waals surface area contributed by atoms with Gasteiger partial charge in [0.15, 0.2) is 0 Å². The van der Waals surface area contributed by atoms with Gasteiger partial charge < -0.3 is 10.1 Å². The summed E-state index contributed by atoms with van der Waals surface area (Å²) < 4.78 is 1.31. The van der Waals surface area contributed by atoms with Gasteiger partial charge in [-0.3, -0.25) is 0 Å². The first-order valence-corrected chi connectivity index (χ1v) is 11.3. The molecule has 0 saturated carbocycles. The molecule has 0 spiro atoms. The van der Waals surface area contributed by atoms with E-state index in [9.17, 15) is 4.79 Å². The van der Waals surface area contributed by atoms with Crippen LogP contribution in [0.1, 0.15) is 35.7 Å². The molecule has 0 atom stereocenters. The monoisotopic (exact) mass is 467 g/mol. The lowest BCUT2D eigenvalue weighted by Crippen LogP contribution is -1.95. The van der Waals surface area contributed by atoms with Gasteiger partial charge in [-0.05, 0) is 47.4 Å². The van der Waals surface area contributed by atoms with Gasteiger partial charge >= 0.3 is 5.97 Å². The minimum absolute atomic E-state index is 0.649. The highest BCUT2D eigenvalue weighted by molar-refractivity contribution is 7.20. The van der Waals surface area contributed by atoms with E-state index in [4.69, 9.17) is 28.3 Å². The summed E-state index contributed by atoms with van der Waals surface area (Å²) in [5.74, 6) is -0.972. The van der Waals surface area contributed by atoms with Crippen molar-refractivity contribution < 1.29 is 9.90 Å². The topological polar surface area (TPSA) is 53.1 Å². The fourth-order valence-corrected chi connectivity index (χ4v) is 5.19. The Bertz CT molecular complexity index is 1280. The fourth-order valence-electron chi connectivity index (χ4n) is 3.68. The predicted molar refractivity (Wildman–Crippen MR) is 132 cm³/mol. The molecular weight excluding hydrogens is 449 g/mol. The zero-order valence-electron chi connectivity index (χ0n) is 16.7. The van der Waals surface area contributed by atoms with Crippen LogP contribution in [0.15, 0.2) is 66.7 Å². The highest BCUT2D eigenvalue weighted by Gasteiger charge is 2.18. The molecule has 2 aromatic heterocycles. The third-order valence-corrected chi connectivity index (χ3v) is 6.54. The van der Waals surface area contributed by atoms with Crippen LogP contribution in [0, 0.1) is 0 Å². The van der Waals surface area contributed by atoms with Crippen molar-refractivity contribution in [2.24, 2.45) is 0 Å². The molecule has 0 aliphatic carbocycles. The van der Waals surface area contributed by atoms with Crippen molar-refractivity contribution in [3.63, 3.8) is 0 Å². The first-order chi connectivity index (χ1) is 15.0. The highest BCUT2D eigenvalue weighted by Crippen LogP contribution is 2.42. The van der Waals surface area contributed by atoms with Gasteiger partial charge in [-0.1, -0.05) is 72.6 Å². The van der Waals surface area contributed by atoms with Crippen LogP contribution in [0.4, 0.5) is 0 Å². The lowest BCUT2D eigenvalue weighted by atomic mass is 9.91. The summed E-state index contributed by atoms with van der Waals surface area (Å²) in [6.07, 6.45) is 3.47. The van der Waals surface area contributed by atoms with E-state index in [1.165, 1.54) is 11.3 Å². The number of hydrogen-bond acceptors (Lipinski definition) is 2. The molecule has 3 nitrogen and oxygen atoms in total. The van der Waals surface area contributed by atoms with Crippen LogP contribution >= 0.6 is 34.5 Å². The zero-order chi connectivity index (χ0) is 22.0. The number of benzene rings is 2. The van der Waals surface area contributed by atoms with Crippen molar-refractivity contribution >= 4 is 68.6 Å². The van der Waals surface area contributed by atoms with Crippen LogP contribution in [0.3, 0.4) is 0 Å². The van der Waals surface area contributed by atoms with Crippen molar-refractivity contribution in [2.45, 2.75) is 13.3 Å². The average molecular weight is 468 g/mol. The van der Waals surface area contributed by atoms with Gasteiger partial charge in [0, 0.05) is 33.8 Å². The first kappa shape index (κ1) is 21.4. The number of nitrogens with one attached hydrogen (secondary N) is 1. The Morgan fingerprint density at radius 3 is 2.45 bits per heavy atom. The van der Waals surface area contributed by atoms with E-state index in [0.717, 1.165) is 56.9 Å². The number of H-pyrrole nitrogens is 1. The summed E-state index contributed by atoms with van der Waals surface area (Å²) in [5, 5.41) is 10.00. The molecule has 0 amide bonds. The molecule has 156 valence electrons. The van der Waals surface area contributed by atoms with Crippen LogP contribution in [0.2, 0.25) is 8.67 Å². The lowest BCUT2D eigenvalue weighted by Gasteiger charge is -2.14. The van der Waals surface area contributed by atoms with Crippen LogP contribution < -0.4 is 0 Å². The number of halogens is 2. The van der Waals surface area contributed by atoms with E-state index in [1.807, 2.05) is 42.5 Å². The Balaban J connectivity index is 1.92. The SMILES string of the molecule is CC/C(=C(/c1ccc(/C=C/C(=O)O)cc1)c1cc2ccccc2[nH]1)c1cc(Cl)sc1Cl. The molecular formula is C25H19Cl2NO2S. The number of rotatable bonds is 6. The Morgan fingerprint density at radius 1 is 1.10 bits per heavy atom. The third kappa shape index (κ3) is 4.62. The second-order valence-electron chi connectivity index (χ2n) is 7.01. The molecule has 4 rings (SSSR count). The van der Waals surface area contributed by atoms with Gasteiger partial charge in [0.2, 0.25) is 0 Å². The lowest BCUT2D eigenvalue weighted by molar-refractivity contribution is -0.131. The smallest absolute Gasteiger partial charge is 0.328 e. The van der Waals surface area contributed by atoms with Crippen LogP contribution in [0.25, 0.3) is 28.1 Å². The maximum Gasteiger partial charge on any atom is 0.328 e. The summed E-state index contributed by atoms with van der Waals surface area (Å²) in [6.45, 7) is 2.10. The number of para-hydroxylation sites is 1. The van der Waals surface area contributed by atoms with Gasteiger partial charge in [0.25, 0.3) is 0 Å². The average Bonchev–Trinajstić information content (AvgIpc) is 3.33. The summed E-state index contributed by atoms with van der Waals surface area (Å²) in [5.41, 5.74) is 6.94. The predicted octanol–water partition coefficient (Wildman–Crippen LogP) is 8.00. The summed E-state index contributed by atoms with van der Waals surface area (Å²) in [4.78, 5) is 14.4. The zero-order valence-corrected chi connectivity index (χ0v) is 19.0. The standard InChI is InChI=1S/C25H19Cl2NO2S/c1-2-18(19-14-22(26)31-25(19)27)24(21-13-17-5-3-4-6-20(17)28-21)16-10-7-15(8-11-16)9-12-23(29)30/h3-14,28H,2H2,1H3,(H,29,30)/b12-9+,24-18+. The maximum atomic E-state index is 10.8. The molecule has 2 N–H and O–H groups in total. The molecule has 0 unspecified atom stereocenters. The van der Waals surface area contributed by atoms with Crippen molar-refractivity contribution in [3.8, 4) is 0 Å². The van der Waals surface area contributed by atoms with E-state index in [-0.39, 0.29) is 0 Å². The van der Waals surface area contributed by atoms with E-state index in [2.05, 4.69) is 30.1 Å². The van der Waals surface area contributed by atoms with Crippen molar-refractivity contribution in [2.75, 3.05) is 0 Å². The van der Waals surface area contributed by atoms with Gasteiger partial charge in [-0.2, -0.15) is 0 Å². The number of carboxylic acid groups (broad SMARTS) is 1. The minimum atomic E-state index is -0.972. The number of aromatic nitrogens is 1. The van der Waals surface area contributed by atoms with Crippen LogP contribution in [0.5, 0.6) is 0 Å². The van der Waals surface area contributed by atoms with E-state index in [1.54, 1.807) is 6.08 Å². The fraction of sp³-hybridized carbons (Fsp3) is 0.0800. The third-order valence-electron chi connectivity index (χ3n) is 5.05. The second-order valence-corrected chi connectivity index (χ2v) is 9.29. The van der Waals surface area contributed by atoms with E-state index >= 15 is 0 Å². The largest absolute Gasteiger partial charge is 0.478 e. The molecule has 6 heteroatoms. The molecule has 31 heavy (non-hydrogen) atoms. The molecule has 0 fully saturated rings. The number of allylic oxidation sites excluding steroid dienone is 1. The number of aromatic amines is 1. The molecule has 0 aliphatic rings. The number of aliphatic carboxylic acids is 1. The van der Waals surface area contributed by atoms with Crippen LogP contribution in [-0.2, 0) is 4.79 Å². The number of thiophene rings is 1. The number of carbonyl (C=O) groups is 1. The summed E-state index contributed by atoms with van der Waals surface area (Å²) in [7, 11) is 0. The molecule has 0 radical (unpaired) electrons. The first-order valence-electron chi connectivity index (χ1n) is 9.74. The van der Waals surface area contributed by atoms with Gasteiger partial charge in [0.05, 0.1) is 4.34 Å². The molecule has 2 heterocycles. The van der Waals surface area contributed by atoms with Crippen molar-refractivity contribution in [1.29, 1.82) is 0 Å². The van der Waals surface area contributed by atoms with E-state index in [0.29, 0.717) is 8.67 Å². The minimum Gasteiger partial charge on any atom is -0.478 e. The van der Waals surface area contributed by atoms with Gasteiger partial charge in [-0.15, -0.1) is 11.3 Å². The number of fused-ring (bicyclic) bond motifs is 1. The Kier molecular flexibility index (Phi) is 6.33. The second kappa shape index (κ2) is 9.15. The van der Waals surface area contributed by atoms with Crippen molar-refractivity contribution in [1.82, 2.24) is 4.98 Å². The van der Waals surface area contributed by atoms with Gasteiger partial charge in [0.1, 0.15) is 4.34 Å². The molecule has 2 aromatic carbocycles. The molecule has 0 bridgehead atoms.